The molecule has 0 saturated carbocycles. The SMILES string of the molecule is Cn1cc(S(=O)(=O)N2CCCCC2)cc1C(=O)NCc1ccc(N2CCCC2)cc1. The molecule has 3 heterocycles. The highest BCUT2D eigenvalue weighted by molar-refractivity contribution is 7.89. The fraction of sp³-hybridized carbons (Fsp3) is 0.500. The van der Waals surface area contributed by atoms with Crippen LogP contribution >= 0.6 is 0 Å². The maximum atomic E-state index is 12.9. The summed E-state index contributed by atoms with van der Waals surface area (Å²) in [5.74, 6) is -0.277. The van der Waals surface area contributed by atoms with Crippen molar-refractivity contribution in [3.05, 3.63) is 47.8 Å². The molecule has 1 N–H and O–H groups in total. The second kappa shape index (κ2) is 8.81. The summed E-state index contributed by atoms with van der Waals surface area (Å²) in [6.45, 7) is 3.70. The Morgan fingerprint density at radius 3 is 2.27 bits per heavy atom. The van der Waals surface area contributed by atoms with Crippen molar-refractivity contribution in [3.63, 3.8) is 0 Å². The number of benzene rings is 1. The molecule has 2 aromatic rings. The maximum Gasteiger partial charge on any atom is 0.268 e. The summed E-state index contributed by atoms with van der Waals surface area (Å²) in [4.78, 5) is 15.2. The monoisotopic (exact) mass is 430 g/mol. The zero-order valence-corrected chi connectivity index (χ0v) is 18.3. The van der Waals surface area contributed by atoms with Crippen molar-refractivity contribution >= 4 is 21.6 Å². The van der Waals surface area contributed by atoms with Crippen LogP contribution in [-0.2, 0) is 23.6 Å². The normalized spacial score (nSPS) is 18.0. The van der Waals surface area contributed by atoms with E-state index in [1.807, 2.05) is 12.1 Å². The molecule has 30 heavy (non-hydrogen) atoms. The number of nitrogens with zero attached hydrogens (tertiary/aromatic N) is 3. The molecule has 2 aliphatic rings. The van der Waals surface area contributed by atoms with Crippen LogP contribution in [0.15, 0.2) is 41.4 Å². The zero-order valence-electron chi connectivity index (χ0n) is 17.5. The molecule has 8 heteroatoms. The molecule has 4 rings (SSSR count). The van der Waals surface area contributed by atoms with Crippen LogP contribution in [0.25, 0.3) is 0 Å². The largest absolute Gasteiger partial charge is 0.372 e. The average Bonchev–Trinajstić information content (AvgIpc) is 3.43. The van der Waals surface area contributed by atoms with Gasteiger partial charge in [-0.1, -0.05) is 18.6 Å². The van der Waals surface area contributed by atoms with Crippen LogP contribution in [0.2, 0.25) is 0 Å². The Kier molecular flexibility index (Phi) is 6.15. The number of sulfonamides is 1. The highest BCUT2D eigenvalue weighted by Gasteiger charge is 2.28. The molecule has 0 radical (unpaired) electrons. The molecule has 0 bridgehead atoms. The first-order valence-corrected chi connectivity index (χ1v) is 12.2. The summed E-state index contributed by atoms with van der Waals surface area (Å²) in [5, 5.41) is 2.91. The van der Waals surface area contributed by atoms with Crippen molar-refractivity contribution in [2.75, 3.05) is 31.1 Å². The number of hydrogen-bond donors (Lipinski definition) is 1. The quantitative estimate of drug-likeness (QED) is 0.765. The summed E-state index contributed by atoms with van der Waals surface area (Å²) in [7, 11) is -1.85. The van der Waals surface area contributed by atoms with Crippen LogP contribution in [0.4, 0.5) is 5.69 Å². The minimum atomic E-state index is -3.55. The van der Waals surface area contributed by atoms with Gasteiger partial charge in [-0.05, 0) is 49.4 Å². The number of anilines is 1. The van der Waals surface area contributed by atoms with Gasteiger partial charge in [0.25, 0.3) is 5.91 Å². The van der Waals surface area contributed by atoms with Crippen LogP contribution in [0, 0.1) is 0 Å². The van der Waals surface area contributed by atoms with Gasteiger partial charge in [0.2, 0.25) is 10.0 Å². The highest BCUT2D eigenvalue weighted by Crippen LogP contribution is 2.23. The van der Waals surface area contributed by atoms with E-state index in [2.05, 4.69) is 22.3 Å². The number of hydrogen-bond acceptors (Lipinski definition) is 4. The van der Waals surface area contributed by atoms with Gasteiger partial charge in [0.1, 0.15) is 10.6 Å². The van der Waals surface area contributed by atoms with E-state index in [1.165, 1.54) is 35.1 Å². The highest BCUT2D eigenvalue weighted by atomic mass is 32.2. The molecule has 1 amide bonds. The predicted octanol–water partition coefficient (Wildman–Crippen LogP) is 2.73. The van der Waals surface area contributed by atoms with E-state index in [4.69, 9.17) is 0 Å². The van der Waals surface area contributed by atoms with E-state index in [-0.39, 0.29) is 10.8 Å². The Bertz CT molecular complexity index is 986. The van der Waals surface area contributed by atoms with Crippen LogP contribution < -0.4 is 10.2 Å². The third kappa shape index (κ3) is 4.39. The van der Waals surface area contributed by atoms with Crippen molar-refractivity contribution in [2.24, 2.45) is 7.05 Å². The lowest BCUT2D eigenvalue weighted by molar-refractivity contribution is 0.0942. The van der Waals surface area contributed by atoms with E-state index in [0.29, 0.717) is 25.3 Å². The Labute approximate surface area is 178 Å². The number of piperidine rings is 1. The molecule has 0 aliphatic carbocycles. The molecule has 7 nitrogen and oxygen atoms in total. The predicted molar refractivity (Wildman–Crippen MR) is 117 cm³/mol. The fourth-order valence-corrected chi connectivity index (χ4v) is 5.82. The second-order valence-corrected chi connectivity index (χ2v) is 10.1. The first-order chi connectivity index (χ1) is 14.4. The van der Waals surface area contributed by atoms with Crippen LogP contribution in [-0.4, -0.2) is 49.4 Å². The minimum absolute atomic E-state index is 0.187. The van der Waals surface area contributed by atoms with Crippen LogP contribution in [0.3, 0.4) is 0 Å². The molecule has 0 unspecified atom stereocenters. The van der Waals surface area contributed by atoms with Crippen molar-refractivity contribution < 1.29 is 13.2 Å². The molecular weight excluding hydrogens is 400 g/mol. The number of aryl methyl sites for hydroxylation is 1. The lowest BCUT2D eigenvalue weighted by Crippen LogP contribution is -2.35. The van der Waals surface area contributed by atoms with Crippen molar-refractivity contribution in [1.29, 1.82) is 0 Å². The Morgan fingerprint density at radius 2 is 1.60 bits per heavy atom. The van der Waals surface area contributed by atoms with E-state index in [9.17, 15) is 13.2 Å². The van der Waals surface area contributed by atoms with E-state index >= 15 is 0 Å². The van der Waals surface area contributed by atoms with Gasteiger partial charge in [0, 0.05) is 51.7 Å². The lowest BCUT2D eigenvalue weighted by atomic mass is 10.2. The number of rotatable bonds is 6. The van der Waals surface area contributed by atoms with Crippen molar-refractivity contribution in [2.45, 2.75) is 43.5 Å². The Morgan fingerprint density at radius 1 is 0.967 bits per heavy atom. The summed E-state index contributed by atoms with van der Waals surface area (Å²) in [6.07, 6.45) is 6.84. The summed E-state index contributed by atoms with van der Waals surface area (Å²) in [6, 6.07) is 9.74. The molecule has 2 fully saturated rings. The Balaban J connectivity index is 1.40. The van der Waals surface area contributed by atoms with Gasteiger partial charge in [-0.25, -0.2) is 8.42 Å². The van der Waals surface area contributed by atoms with Gasteiger partial charge >= 0.3 is 0 Å². The number of amides is 1. The molecule has 1 aromatic heterocycles. The first kappa shape index (κ1) is 20.9. The molecule has 2 aliphatic heterocycles. The van der Waals surface area contributed by atoms with Gasteiger partial charge in [0.15, 0.2) is 0 Å². The molecule has 162 valence electrons. The number of aromatic nitrogens is 1. The first-order valence-electron chi connectivity index (χ1n) is 10.7. The maximum absolute atomic E-state index is 12.9. The van der Waals surface area contributed by atoms with Crippen molar-refractivity contribution in [1.82, 2.24) is 14.2 Å². The topological polar surface area (TPSA) is 74.6 Å². The van der Waals surface area contributed by atoms with E-state index in [0.717, 1.165) is 37.9 Å². The van der Waals surface area contributed by atoms with Gasteiger partial charge in [-0.15, -0.1) is 0 Å². The fourth-order valence-electron chi connectivity index (χ4n) is 4.23. The third-order valence-corrected chi connectivity index (χ3v) is 7.89. The lowest BCUT2D eigenvalue weighted by Gasteiger charge is -2.25. The van der Waals surface area contributed by atoms with Crippen LogP contribution in [0.1, 0.15) is 48.2 Å². The molecule has 1 aromatic carbocycles. The summed E-state index contributed by atoms with van der Waals surface area (Å²) >= 11 is 0. The number of carbonyl (C=O) groups is 1. The standard InChI is InChI=1S/C22H30N4O3S/c1-24-17-20(30(28,29)26-13-3-2-4-14-26)15-21(24)22(27)23-16-18-7-9-19(10-8-18)25-11-5-6-12-25/h7-10,15,17H,2-6,11-14,16H2,1H3,(H,23,27). The summed E-state index contributed by atoms with van der Waals surface area (Å²) < 4.78 is 28.9. The Hall–Kier alpha value is -2.32. The van der Waals surface area contributed by atoms with Crippen molar-refractivity contribution in [3.8, 4) is 0 Å². The second-order valence-electron chi connectivity index (χ2n) is 8.18. The molecule has 2 saturated heterocycles. The van der Waals surface area contributed by atoms with Gasteiger partial charge < -0.3 is 14.8 Å². The smallest absolute Gasteiger partial charge is 0.268 e. The van der Waals surface area contributed by atoms with Gasteiger partial charge in [-0.2, -0.15) is 4.31 Å². The number of carbonyl (C=O) groups excluding carboxylic acids is 1. The molecule has 0 atom stereocenters. The zero-order chi connectivity index (χ0) is 21.1. The van der Waals surface area contributed by atoms with Gasteiger partial charge in [0.05, 0.1) is 0 Å². The van der Waals surface area contributed by atoms with Gasteiger partial charge in [-0.3, -0.25) is 4.79 Å². The summed E-state index contributed by atoms with van der Waals surface area (Å²) in [5.41, 5.74) is 2.58. The average molecular weight is 431 g/mol. The molecular formula is C22H30N4O3S. The van der Waals surface area contributed by atoms with E-state index in [1.54, 1.807) is 11.6 Å². The third-order valence-electron chi connectivity index (χ3n) is 6.03. The number of nitrogens with one attached hydrogen (secondary N) is 1. The van der Waals surface area contributed by atoms with E-state index < -0.39 is 10.0 Å². The molecule has 0 spiro atoms. The minimum Gasteiger partial charge on any atom is -0.372 e. The van der Waals surface area contributed by atoms with Crippen LogP contribution in [0.5, 0.6) is 0 Å².